The number of para-hydroxylation sites is 1. The van der Waals surface area contributed by atoms with Crippen LogP contribution in [0.1, 0.15) is 18.9 Å². The summed E-state index contributed by atoms with van der Waals surface area (Å²) in [6.07, 6.45) is 4.54. The van der Waals surface area contributed by atoms with Gasteiger partial charge in [0, 0.05) is 25.0 Å². The Kier molecular flexibility index (Phi) is 3.77. The maximum Gasteiger partial charge on any atom is 0.139 e. The number of nitrogen functional groups attached to an aromatic ring is 1. The van der Waals surface area contributed by atoms with Crippen LogP contribution in [0.15, 0.2) is 53.3 Å². The highest BCUT2D eigenvalue weighted by Gasteiger charge is 2.14. The SMILES string of the molecule is CCCN(Cc1ccccc1N)c1nccc2occc12. The number of anilines is 2. The minimum Gasteiger partial charge on any atom is -0.464 e. The summed E-state index contributed by atoms with van der Waals surface area (Å²) in [5.41, 5.74) is 8.87. The first kappa shape index (κ1) is 13.5. The van der Waals surface area contributed by atoms with Crippen molar-refractivity contribution in [3.8, 4) is 0 Å². The van der Waals surface area contributed by atoms with Crippen molar-refractivity contribution >= 4 is 22.5 Å². The predicted octanol–water partition coefficient (Wildman–Crippen LogP) is 3.83. The summed E-state index contributed by atoms with van der Waals surface area (Å²) in [7, 11) is 0. The average Bonchev–Trinajstić information content (AvgIpc) is 2.97. The van der Waals surface area contributed by atoms with Crippen LogP contribution in [0.2, 0.25) is 0 Å². The topological polar surface area (TPSA) is 55.3 Å². The first-order valence-electron chi connectivity index (χ1n) is 7.20. The molecule has 2 heterocycles. The lowest BCUT2D eigenvalue weighted by molar-refractivity contribution is 0.615. The second-order valence-corrected chi connectivity index (χ2v) is 5.09. The number of furan rings is 1. The Morgan fingerprint density at radius 3 is 2.86 bits per heavy atom. The molecular formula is C17H19N3O. The maximum atomic E-state index is 6.07. The van der Waals surface area contributed by atoms with E-state index in [1.165, 1.54) is 0 Å². The van der Waals surface area contributed by atoms with Crippen LogP contribution in [0.3, 0.4) is 0 Å². The van der Waals surface area contributed by atoms with Crippen LogP contribution in [0, 0.1) is 0 Å². The second kappa shape index (κ2) is 5.87. The van der Waals surface area contributed by atoms with Gasteiger partial charge in [-0.15, -0.1) is 0 Å². The molecule has 3 rings (SSSR count). The number of hydrogen-bond acceptors (Lipinski definition) is 4. The Hall–Kier alpha value is -2.49. The van der Waals surface area contributed by atoms with Gasteiger partial charge >= 0.3 is 0 Å². The zero-order valence-corrected chi connectivity index (χ0v) is 12.1. The standard InChI is InChI=1S/C17H19N3O/c1-2-10-20(12-13-5-3-4-6-15(13)18)17-14-8-11-21-16(14)7-9-19-17/h3-9,11H,2,10,12,18H2,1H3. The molecule has 0 spiro atoms. The third-order valence-electron chi connectivity index (χ3n) is 3.57. The normalized spacial score (nSPS) is 10.9. The van der Waals surface area contributed by atoms with Crippen LogP contribution in [0.5, 0.6) is 0 Å². The molecule has 0 saturated carbocycles. The summed E-state index contributed by atoms with van der Waals surface area (Å²) in [5.74, 6) is 0.950. The molecule has 108 valence electrons. The van der Waals surface area contributed by atoms with Crippen LogP contribution >= 0.6 is 0 Å². The van der Waals surface area contributed by atoms with Crippen LogP contribution in [0.4, 0.5) is 11.5 Å². The fraction of sp³-hybridized carbons (Fsp3) is 0.235. The van der Waals surface area contributed by atoms with Gasteiger partial charge in [0.05, 0.1) is 11.6 Å². The summed E-state index contributed by atoms with van der Waals surface area (Å²) in [4.78, 5) is 6.80. The predicted molar refractivity (Wildman–Crippen MR) is 86.2 cm³/mol. The van der Waals surface area contributed by atoms with Gasteiger partial charge in [-0.2, -0.15) is 0 Å². The summed E-state index contributed by atoms with van der Waals surface area (Å²) >= 11 is 0. The number of fused-ring (bicyclic) bond motifs is 1. The molecule has 0 amide bonds. The van der Waals surface area contributed by atoms with E-state index in [9.17, 15) is 0 Å². The summed E-state index contributed by atoms with van der Waals surface area (Å²) in [6, 6.07) is 11.8. The van der Waals surface area contributed by atoms with Gasteiger partial charge in [0.2, 0.25) is 0 Å². The Morgan fingerprint density at radius 2 is 2.05 bits per heavy atom. The molecule has 0 fully saturated rings. The minimum absolute atomic E-state index is 0.748. The minimum atomic E-state index is 0.748. The smallest absolute Gasteiger partial charge is 0.139 e. The van der Waals surface area contributed by atoms with Crippen molar-refractivity contribution < 1.29 is 4.42 Å². The Morgan fingerprint density at radius 1 is 1.19 bits per heavy atom. The number of benzene rings is 1. The van der Waals surface area contributed by atoms with E-state index in [4.69, 9.17) is 10.2 Å². The van der Waals surface area contributed by atoms with Crippen molar-refractivity contribution in [1.29, 1.82) is 0 Å². The van der Waals surface area contributed by atoms with E-state index in [2.05, 4.69) is 22.9 Å². The van der Waals surface area contributed by atoms with E-state index in [1.807, 2.05) is 30.3 Å². The molecule has 0 aliphatic heterocycles. The molecule has 2 aromatic heterocycles. The van der Waals surface area contributed by atoms with E-state index in [0.29, 0.717) is 0 Å². The largest absolute Gasteiger partial charge is 0.464 e. The molecule has 0 atom stereocenters. The van der Waals surface area contributed by atoms with Crippen LogP contribution < -0.4 is 10.6 Å². The number of nitrogens with zero attached hydrogens (tertiary/aromatic N) is 2. The maximum absolute atomic E-state index is 6.07. The first-order valence-corrected chi connectivity index (χ1v) is 7.20. The quantitative estimate of drug-likeness (QED) is 0.722. The molecule has 0 aliphatic carbocycles. The molecule has 0 aliphatic rings. The molecule has 4 heteroatoms. The van der Waals surface area contributed by atoms with E-state index >= 15 is 0 Å². The van der Waals surface area contributed by atoms with Crippen molar-refractivity contribution in [2.24, 2.45) is 0 Å². The van der Waals surface area contributed by atoms with Gasteiger partial charge in [-0.1, -0.05) is 25.1 Å². The summed E-state index contributed by atoms with van der Waals surface area (Å²) in [6.45, 7) is 3.83. The zero-order valence-electron chi connectivity index (χ0n) is 12.1. The Labute approximate surface area is 124 Å². The van der Waals surface area contributed by atoms with E-state index < -0.39 is 0 Å². The molecule has 0 bridgehead atoms. The van der Waals surface area contributed by atoms with Crippen molar-refractivity contribution in [3.63, 3.8) is 0 Å². The van der Waals surface area contributed by atoms with Crippen LogP contribution in [-0.4, -0.2) is 11.5 Å². The molecule has 0 unspecified atom stereocenters. The highest BCUT2D eigenvalue weighted by Crippen LogP contribution is 2.27. The lowest BCUT2D eigenvalue weighted by Crippen LogP contribution is -2.25. The van der Waals surface area contributed by atoms with Gasteiger partial charge < -0.3 is 15.1 Å². The summed E-state index contributed by atoms with van der Waals surface area (Å²) in [5, 5.41) is 1.04. The first-order chi connectivity index (χ1) is 10.3. The number of nitrogens with two attached hydrogens (primary N) is 1. The number of aromatic nitrogens is 1. The molecule has 1 aromatic carbocycles. The van der Waals surface area contributed by atoms with Gasteiger partial charge in [-0.25, -0.2) is 4.98 Å². The van der Waals surface area contributed by atoms with E-state index in [0.717, 1.165) is 47.5 Å². The van der Waals surface area contributed by atoms with Gasteiger partial charge in [0.25, 0.3) is 0 Å². The molecular weight excluding hydrogens is 262 g/mol. The number of rotatable bonds is 5. The molecule has 0 saturated heterocycles. The lowest BCUT2D eigenvalue weighted by Gasteiger charge is -2.24. The van der Waals surface area contributed by atoms with Crippen molar-refractivity contribution in [1.82, 2.24) is 4.98 Å². The third-order valence-corrected chi connectivity index (χ3v) is 3.57. The number of pyridine rings is 1. The highest BCUT2D eigenvalue weighted by molar-refractivity contribution is 5.88. The fourth-order valence-corrected chi connectivity index (χ4v) is 2.55. The van der Waals surface area contributed by atoms with E-state index in [1.54, 1.807) is 12.5 Å². The fourth-order valence-electron chi connectivity index (χ4n) is 2.55. The Bertz CT molecular complexity index is 735. The van der Waals surface area contributed by atoms with Gasteiger partial charge in [-0.05, 0) is 30.2 Å². The van der Waals surface area contributed by atoms with Crippen molar-refractivity contribution in [3.05, 3.63) is 54.4 Å². The Balaban J connectivity index is 1.98. The second-order valence-electron chi connectivity index (χ2n) is 5.09. The highest BCUT2D eigenvalue weighted by atomic mass is 16.3. The van der Waals surface area contributed by atoms with Crippen molar-refractivity contribution in [2.45, 2.75) is 19.9 Å². The van der Waals surface area contributed by atoms with Crippen LogP contribution in [0.25, 0.3) is 11.0 Å². The monoisotopic (exact) mass is 281 g/mol. The molecule has 0 radical (unpaired) electrons. The van der Waals surface area contributed by atoms with Crippen molar-refractivity contribution in [2.75, 3.05) is 17.2 Å². The van der Waals surface area contributed by atoms with Gasteiger partial charge in [0.1, 0.15) is 11.4 Å². The number of hydrogen-bond donors (Lipinski definition) is 1. The van der Waals surface area contributed by atoms with Crippen LogP contribution in [-0.2, 0) is 6.54 Å². The van der Waals surface area contributed by atoms with E-state index in [-0.39, 0.29) is 0 Å². The third kappa shape index (κ3) is 2.70. The molecule has 2 N–H and O–H groups in total. The molecule has 4 nitrogen and oxygen atoms in total. The molecule has 21 heavy (non-hydrogen) atoms. The van der Waals surface area contributed by atoms with Gasteiger partial charge in [0.15, 0.2) is 0 Å². The molecule has 3 aromatic rings. The lowest BCUT2D eigenvalue weighted by atomic mass is 10.1. The average molecular weight is 281 g/mol. The summed E-state index contributed by atoms with van der Waals surface area (Å²) < 4.78 is 5.47. The van der Waals surface area contributed by atoms with Gasteiger partial charge in [-0.3, -0.25) is 0 Å². The zero-order chi connectivity index (χ0) is 14.7.